The first-order valence-corrected chi connectivity index (χ1v) is 6.66. The second-order valence-electron chi connectivity index (χ2n) is 4.49. The molecule has 0 amide bonds. The highest BCUT2D eigenvalue weighted by molar-refractivity contribution is 6.02. The molecule has 0 atom stereocenters. The molecule has 0 fully saturated rings. The number of esters is 2. The molecule has 0 aliphatic carbocycles. The zero-order valence-corrected chi connectivity index (χ0v) is 12.6. The highest BCUT2D eigenvalue weighted by Crippen LogP contribution is 2.18. The summed E-state index contributed by atoms with van der Waals surface area (Å²) in [6, 6.07) is 10.3. The van der Waals surface area contributed by atoms with Crippen LogP contribution in [0.2, 0.25) is 0 Å². The van der Waals surface area contributed by atoms with Gasteiger partial charge in [-0.2, -0.15) is 0 Å². The molecule has 0 N–H and O–H groups in total. The van der Waals surface area contributed by atoms with Crippen molar-refractivity contribution in [2.45, 2.75) is 0 Å². The molecule has 2 rings (SSSR count). The number of carbonyl (C=O) groups is 2. The summed E-state index contributed by atoms with van der Waals surface area (Å²) in [5, 5.41) is 0. The molecule has 0 aliphatic heterocycles. The molecule has 0 heterocycles. The van der Waals surface area contributed by atoms with Crippen molar-refractivity contribution < 1.29 is 23.5 Å². The van der Waals surface area contributed by atoms with Gasteiger partial charge in [0, 0.05) is 11.8 Å². The first kappa shape index (κ1) is 16.4. The highest BCUT2D eigenvalue weighted by Gasteiger charge is 2.14. The fraction of sp³-hybridized carbons (Fsp3) is 0.118. The molecule has 0 bridgehead atoms. The first-order chi connectivity index (χ1) is 11.1. The second kappa shape index (κ2) is 7.31. The van der Waals surface area contributed by atoms with Crippen molar-refractivity contribution in [3.63, 3.8) is 0 Å². The molecular weight excluding hydrogens is 301 g/mol. The summed E-state index contributed by atoms with van der Waals surface area (Å²) < 4.78 is 22.9. The van der Waals surface area contributed by atoms with E-state index in [1.54, 1.807) is 12.1 Å². The third-order valence-electron chi connectivity index (χ3n) is 3.07. The predicted octanol–water partition coefficient (Wildman–Crippen LogP) is 3.15. The van der Waals surface area contributed by atoms with Gasteiger partial charge in [-0.15, -0.1) is 0 Å². The van der Waals surface area contributed by atoms with E-state index >= 15 is 0 Å². The van der Waals surface area contributed by atoms with Gasteiger partial charge in [-0.1, -0.05) is 12.1 Å². The van der Waals surface area contributed by atoms with Crippen molar-refractivity contribution in [3.8, 4) is 0 Å². The lowest BCUT2D eigenvalue weighted by atomic mass is 10.0. The summed E-state index contributed by atoms with van der Waals surface area (Å²) in [5.41, 5.74) is 0.894. The number of carbonyl (C=O) groups excluding carboxylic acids is 2. The predicted molar refractivity (Wildman–Crippen MR) is 82.8 cm³/mol. The molecule has 5 nitrogen and oxygen atoms in total. The monoisotopic (exact) mass is 315 g/mol. The van der Waals surface area contributed by atoms with Crippen LogP contribution in [0.5, 0.6) is 0 Å². The summed E-state index contributed by atoms with van der Waals surface area (Å²) in [4.78, 5) is 27.4. The van der Waals surface area contributed by atoms with E-state index in [0.29, 0.717) is 5.56 Å². The van der Waals surface area contributed by atoms with Crippen molar-refractivity contribution in [3.05, 3.63) is 65.0 Å². The van der Waals surface area contributed by atoms with Crippen molar-refractivity contribution in [1.29, 1.82) is 0 Å². The van der Waals surface area contributed by atoms with Gasteiger partial charge in [-0.25, -0.2) is 14.0 Å². The molecule has 0 aromatic heterocycles. The lowest BCUT2D eigenvalue weighted by Gasteiger charge is -2.06. The highest BCUT2D eigenvalue weighted by atomic mass is 19.1. The van der Waals surface area contributed by atoms with E-state index in [1.165, 1.54) is 50.8 Å². The number of aliphatic imine (C=N–C) groups is 1. The van der Waals surface area contributed by atoms with Gasteiger partial charge in [0.1, 0.15) is 5.82 Å². The molecule has 0 saturated carbocycles. The Bertz CT molecular complexity index is 771. The topological polar surface area (TPSA) is 65.0 Å². The van der Waals surface area contributed by atoms with Crippen molar-refractivity contribution in [1.82, 2.24) is 0 Å². The van der Waals surface area contributed by atoms with Crippen LogP contribution in [0.15, 0.2) is 47.5 Å². The van der Waals surface area contributed by atoms with Crippen LogP contribution in [0.3, 0.4) is 0 Å². The molecule has 0 radical (unpaired) electrons. The zero-order chi connectivity index (χ0) is 16.8. The molecule has 23 heavy (non-hydrogen) atoms. The van der Waals surface area contributed by atoms with Gasteiger partial charge in [0.05, 0.1) is 31.0 Å². The molecule has 6 heteroatoms. The summed E-state index contributed by atoms with van der Waals surface area (Å²) in [6.45, 7) is 0. The summed E-state index contributed by atoms with van der Waals surface area (Å²) in [5.74, 6) is -1.63. The molecule has 0 spiro atoms. The van der Waals surface area contributed by atoms with Crippen LogP contribution >= 0.6 is 0 Å². The molecule has 0 saturated heterocycles. The summed E-state index contributed by atoms with van der Waals surface area (Å²) in [6.07, 6.45) is 1.30. The van der Waals surface area contributed by atoms with Crippen LogP contribution in [0.4, 0.5) is 10.1 Å². The molecule has 0 unspecified atom stereocenters. The van der Waals surface area contributed by atoms with Crippen molar-refractivity contribution >= 4 is 23.8 Å². The van der Waals surface area contributed by atoms with Crippen LogP contribution in [0.25, 0.3) is 0 Å². The van der Waals surface area contributed by atoms with Gasteiger partial charge >= 0.3 is 11.9 Å². The maximum atomic E-state index is 13.6. The molecule has 2 aromatic rings. The maximum Gasteiger partial charge on any atom is 0.338 e. The van der Waals surface area contributed by atoms with Crippen LogP contribution in [0, 0.1) is 5.82 Å². The maximum absolute atomic E-state index is 13.6. The quantitative estimate of drug-likeness (QED) is 0.642. The number of ether oxygens (including phenoxy) is 2. The van der Waals surface area contributed by atoms with Gasteiger partial charge in [-0.05, 0) is 30.3 Å². The number of methoxy groups -OCH3 is 2. The minimum atomic E-state index is -0.587. The SMILES string of the molecule is COC(=O)c1ccc(C(=O)OC)c(C=Nc2ccccc2F)c1. The van der Waals surface area contributed by atoms with Crippen molar-refractivity contribution in [2.75, 3.05) is 14.2 Å². The Morgan fingerprint density at radius 2 is 1.74 bits per heavy atom. The Hall–Kier alpha value is -3.02. The average Bonchev–Trinajstić information content (AvgIpc) is 2.59. The largest absolute Gasteiger partial charge is 0.465 e. The number of benzene rings is 2. The van der Waals surface area contributed by atoms with Crippen LogP contribution in [0.1, 0.15) is 26.3 Å². The van der Waals surface area contributed by atoms with E-state index in [9.17, 15) is 14.0 Å². The Morgan fingerprint density at radius 3 is 2.39 bits per heavy atom. The Labute approximate surface area is 132 Å². The lowest BCUT2D eigenvalue weighted by molar-refractivity contribution is 0.0586. The Kier molecular flexibility index (Phi) is 5.19. The Balaban J connectivity index is 2.47. The van der Waals surface area contributed by atoms with E-state index in [4.69, 9.17) is 0 Å². The van der Waals surface area contributed by atoms with Gasteiger partial charge in [0.15, 0.2) is 0 Å². The number of hydrogen-bond donors (Lipinski definition) is 0. The number of rotatable bonds is 4. The average molecular weight is 315 g/mol. The van der Waals surface area contributed by atoms with E-state index < -0.39 is 17.8 Å². The fourth-order valence-electron chi connectivity index (χ4n) is 1.91. The second-order valence-corrected chi connectivity index (χ2v) is 4.49. The lowest BCUT2D eigenvalue weighted by Crippen LogP contribution is -2.08. The van der Waals surface area contributed by atoms with E-state index in [-0.39, 0.29) is 16.8 Å². The number of hydrogen-bond acceptors (Lipinski definition) is 5. The van der Waals surface area contributed by atoms with E-state index in [2.05, 4.69) is 14.5 Å². The van der Waals surface area contributed by atoms with Crippen LogP contribution < -0.4 is 0 Å². The van der Waals surface area contributed by atoms with E-state index in [0.717, 1.165) is 0 Å². The minimum Gasteiger partial charge on any atom is -0.465 e. The number of para-hydroxylation sites is 1. The molecule has 0 aliphatic rings. The molecule has 118 valence electrons. The van der Waals surface area contributed by atoms with Crippen LogP contribution in [-0.4, -0.2) is 32.4 Å². The molecule has 2 aromatic carbocycles. The summed E-state index contributed by atoms with van der Waals surface area (Å²) in [7, 11) is 2.50. The van der Waals surface area contributed by atoms with Crippen LogP contribution in [-0.2, 0) is 9.47 Å². The van der Waals surface area contributed by atoms with Crippen molar-refractivity contribution in [2.24, 2.45) is 4.99 Å². The number of halogens is 1. The first-order valence-electron chi connectivity index (χ1n) is 6.66. The van der Waals surface area contributed by atoms with Gasteiger partial charge < -0.3 is 9.47 Å². The Morgan fingerprint density at radius 1 is 1.04 bits per heavy atom. The third-order valence-corrected chi connectivity index (χ3v) is 3.07. The zero-order valence-electron chi connectivity index (χ0n) is 12.6. The molecular formula is C17H14FNO4. The fourth-order valence-corrected chi connectivity index (χ4v) is 1.91. The van der Waals surface area contributed by atoms with Gasteiger partial charge in [-0.3, -0.25) is 4.99 Å². The van der Waals surface area contributed by atoms with Gasteiger partial charge in [0.2, 0.25) is 0 Å². The smallest absolute Gasteiger partial charge is 0.338 e. The summed E-state index contributed by atoms with van der Waals surface area (Å²) >= 11 is 0. The van der Waals surface area contributed by atoms with Gasteiger partial charge in [0.25, 0.3) is 0 Å². The third kappa shape index (κ3) is 3.79. The number of nitrogens with zero attached hydrogens (tertiary/aromatic N) is 1. The standard InChI is InChI=1S/C17H14FNO4/c1-22-16(20)11-7-8-13(17(21)23-2)12(9-11)10-19-15-6-4-3-5-14(15)18/h3-10H,1-2H3. The van der Waals surface area contributed by atoms with E-state index in [1.807, 2.05) is 0 Å². The minimum absolute atomic E-state index is 0.117. The normalized spacial score (nSPS) is 10.6.